The van der Waals surface area contributed by atoms with Gasteiger partial charge in [0.15, 0.2) is 0 Å². The van der Waals surface area contributed by atoms with E-state index < -0.39 is 5.97 Å². The van der Waals surface area contributed by atoms with Gasteiger partial charge in [-0.05, 0) is 36.5 Å². The second kappa shape index (κ2) is 8.93. The van der Waals surface area contributed by atoms with Crippen LogP contribution in [0.15, 0.2) is 71.7 Å². The lowest BCUT2D eigenvalue weighted by Gasteiger charge is -2.23. The third-order valence-corrected chi connectivity index (χ3v) is 6.79. The number of carboxylic acid groups (broad SMARTS) is 1. The number of piperidine rings is 1. The van der Waals surface area contributed by atoms with E-state index in [1.807, 2.05) is 73.1 Å². The molecule has 0 atom stereocenters. The molecule has 160 valence electrons. The van der Waals surface area contributed by atoms with E-state index in [-0.39, 0.29) is 4.88 Å². The fourth-order valence-electron chi connectivity index (χ4n) is 4.13. The first-order valence-corrected chi connectivity index (χ1v) is 11.6. The summed E-state index contributed by atoms with van der Waals surface area (Å²) < 4.78 is 0. The molecule has 0 unspecified atom stereocenters. The number of carboxylic acids is 1. The van der Waals surface area contributed by atoms with Gasteiger partial charge in [0.25, 0.3) is 0 Å². The fourth-order valence-corrected chi connectivity index (χ4v) is 5.11. The minimum atomic E-state index is -0.973. The molecule has 1 N–H and O–H groups in total. The number of benzene rings is 2. The number of likely N-dealkylation sites (tertiary alicyclic amines) is 1. The van der Waals surface area contributed by atoms with Crippen molar-refractivity contribution in [2.24, 2.45) is 4.99 Å². The highest BCUT2D eigenvalue weighted by Gasteiger charge is 2.23. The van der Waals surface area contributed by atoms with E-state index >= 15 is 0 Å². The summed E-state index contributed by atoms with van der Waals surface area (Å²) in [6.45, 7) is 1.91. The molecule has 0 aliphatic carbocycles. The minimum absolute atomic E-state index is 0.225. The van der Waals surface area contributed by atoms with Crippen molar-refractivity contribution in [2.45, 2.75) is 19.3 Å². The van der Waals surface area contributed by atoms with Crippen molar-refractivity contribution < 1.29 is 9.90 Å². The van der Waals surface area contributed by atoms with Gasteiger partial charge in [0.05, 0.1) is 12.0 Å². The maximum Gasteiger partial charge on any atom is 0.348 e. The zero-order valence-electron chi connectivity index (χ0n) is 17.6. The van der Waals surface area contributed by atoms with Crippen LogP contribution in [0.4, 0.5) is 5.69 Å². The van der Waals surface area contributed by atoms with Crippen LogP contribution in [-0.4, -0.2) is 40.4 Å². The van der Waals surface area contributed by atoms with E-state index in [0.717, 1.165) is 53.7 Å². The summed E-state index contributed by atoms with van der Waals surface area (Å²) in [5.74, 6) is -0.973. The standard InChI is InChI=1S/C26H23N3O2S/c30-26(31)24-23(27-17-29-14-8-3-9-15-29)22-20(18-10-4-1-5-11-18)16-21(28-25(22)32-24)19-12-6-2-7-13-19/h1-2,4-7,10-13,16-17H,3,8-9,14-15H2,(H,30,31). The quantitative estimate of drug-likeness (QED) is 0.285. The van der Waals surface area contributed by atoms with E-state index in [1.54, 1.807) is 0 Å². The first-order valence-electron chi connectivity index (χ1n) is 10.8. The molecule has 2 aromatic heterocycles. The highest BCUT2D eigenvalue weighted by Crippen LogP contribution is 2.44. The first-order chi connectivity index (χ1) is 15.7. The molecule has 5 rings (SSSR count). The molecule has 0 amide bonds. The van der Waals surface area contributed by atoms with Crippen LogP contribution >= 0.6 is 11.3 Å². The number of aliphatic imine (C=N–C) groups is 1. The van der Waals surface area contributed by atoms with Crippen molar-refractivity contribution >= 4 is 39.5 Å². The molecule has 2 aromatic carbocycles. The second-order valence-electron chi connectivity index (χ2n) is 7.89. The van der Waals surface area contributed by atoms with Gasteiger partial charge in [-0.1, -0.05) is 60.7 Å². The Balaban J connectivity index is 1.74. The van der Waals surface area contributed by atoms with Gasteiger partial charge in [-0.2, -0.15) is 0 Å². The zero-order valence-corrected chi connectivity index (χ0v) is 18.4. The Morgan fingerprint density at radius 1 is 0.969 bits per heavy atom. The highest BCUT2D eigenvalue weighted by molar-refractivity contribution is 7.21. The zero-order chi connectivity index (χ0) is 21.9. The molecule has 1 aliphatic heterocycles. The summed E-state index contributed by atoms with van der Waals surface area (Å²) in [7, 11) is 0. The van der Waals surface area contributed by atoms with Crippen LogP contribution in [-0.2, 0) is 0 Å². The number of carbonyl (C=O) groups is 1. The summed E-state index contributed by atoms with van der Waals surface area (Å²) >= 11 is 1.19. The summed E-state index contributed by atoms with van der Waals surface area (Å²) in [6.07, 6.45) is 5.32. The number of thiophene rings is 1. The average Bonchev–Trinajstić information content (AvgIpc) is 3.23. The van der Waals surface area contributed by atoms with Crippen LogP contribution in [0.2, 0.25) is 0 Å². The van der Waals surface area contributed by atoms with Crippen molar-refractivity contribution in [3.63, 3.8) is 0 Å². The van der Waals surface area contributed by atoms with Gasteiger partial charge in [-0.15, -0.1) is 11.3 Å². The fraction of sp³-hybridized carbons (Fsp3) is 0.192. The van der Waals surface area contributed by atoms with E-state index in [0.29, 0.717) is 10.5 Å². The van der Waals surface area contributed by atoms with Crippen LogP contribution in [0, 0.1) is 0 Å². The topological polar surface area (TPSA) is 65.8 Å². The smallest absolute Gasteiger partial charge is 0.348 e. The molecule has 32 heavy (non-hydrogen) atoms. The molecule has 1 fully saturated rings. The lowest BCUT2D eigenvalue weighted by molar-refractivity contribution is 0.0703. The predicted molar refractivity (Wildman–Crippen MR) is 131 cm³/mol. The maximum absolute atomic E-state index is 12.1. The molecule has 0 bridgehead atoms. The Morgan fingerprint density at radius 2 is 1.62 bits per heavy atom. The Kier molecular flexibility index (Phi) is 5.69. The molecule has 1 saturated heterocycles. The second-order valence-corrected chi connectivity index (χ2v) is 8.89. The molecular formula is C26H23N3O2S. The van der Waals surface area contributed by atoms with Crippen LogP contribution in [0.25, 0.3) is 32.6 Å². The van der Waals surface area contributed by atoms with Crippen LogP contribution in [0.5, 0.6) is 0 Å². The monoisotopic (exact) mass is 441 g/mol. The molecule has 6 heteroatoms. The molecular weight excluding hydrogens is 418 g/mol. The van der Waals surface area contributed by atoms with E-state index in [4.69, 9.17) is 9.98 Å². The van der Waals surface area contributed by atoms with Gasteiger partial charge in [-0.3, -0.25) is 0 Å². The molecule has 0 radical (unpaired) electrons. The normalized spacial score (nSPS) is 14.3. The molecule has 3 heterocycles. The Hall–Kier alpha value is -3.51. The number of hydrogen-bond acceptors (Lipinski definition) is 4. The third kappa shape index (κ3) is 4.01. The van der Waals surface area contributed by atoms with Gasteiger partial charge in [0.1, 0.15) is 15.4 Å². The number of aromatic nitrogens is 1. The molecule has 5 nitrogen and oxygen atoms in total. The number of rotatable bonds is 5. The number of aromatic carboxylic acids is 1. The number of fused-ring (bicyclic) bond motifs is 1. The lowest BCUT2D eigenvalue weighted by atomic mass is 9.99. The predicted octanol–water partition coefficient (Wildman–Crippen LogP) is 6.47. The highest BCUT2D eigenvalue weighted by atomic mass is 32.1. The maximum atomic E-state index is 12.1. The average molecular weight is 442 g/mol. The SMILES string of the molecule is O=C(O)c1sc2nc(-c3ccccc3)cc(-c3ccccc3)c2c1N=CN1CCCCC1. The summed E-state index contributed by atoms with van der Waals surface area (Å²) in [5.41, 5.74) is 4.27. The lowest BCUT2D eigenvalue weighted by Crippen LogP contribution is -2.28. The van der Waals surface area contributed by atoms with Gasteiger partial charge in [-0.25, -0.2) is 14.8 Å². The Labute approximate surface area is 190 Å². The molecule has 0 spiro atoms. The third-order valence-electron chi connectivity index (χ3n) is 5.73. The number of pyridine rings is 1. The van der Waals surface area contributed by atoms with Gasteiger partial charge >= 0.3 is 5.97 Å². The van der Waals surface area contributed by atoms with Crippen molar-refractivity contribution in [1.29, 1.82) is 0 Å². The van der Waals surface area contributed by atoms with Crippen LogP contribution in [0.1, 0.15) is 28.9 Å². The first kappa shape index (κ1) is 20.4. The van der Waals surface area contributed by atoms with Crippen molar-refractivity contribution in [1.82, 2.24) is 9.88 Å². The molecule has 1 aliphatic rings. The molecule has 0 saturated carbocycles. The van der Waals surface area contributed by atoms with Crippen LogP contribution < -0.4 is 0 Å². The van der Waals surface area contributed by atoms with Crippen molar-refractivity contribution in [3.05, 3.63) is 71.6 Å². The van der Waals surface area contributed by atoms with E-state index in [2.05, 4.69) is 4.90 Å². The Morgan fingerprint density at radius 3 is 2.28 bits per heavy atom. The van der Waals surface area contributed by atoms with Gasteiger partial charge in [0, 0.05) is 24.0 Å². The number of nitrogens with zero attached hydrogens (tertiary/aromatic N) is 3. The van der Waals surface area contributed by atoms with Crippen molar-refractivity contribution in [3.8, 4) is 22.4 Å². The Bertz CT molecular complexity index is 1280. The van der Waals surface area contributed by atoms with Gasteiger partial charge in [0.2, 0.25) is 0 Å². The van der Waals surface area contributed by atoms with E-state index in [9.17, 15) is 9.90 Å². The number of hydrogen-bond donors (Lipinski definition) is 1. The van der Waals surface area contributed by atoms with Gasteiger partial charge < -0.3 is 10.0 Å². The van der Waals surface area contributed by atoms with E-state index in [1.165, 1.54) is 17.8 Å². The van der Waals surface area contributed by atoms with Crippen LogP contribution in [0.3, 0.4) is 0 Å². The summed E-state index contributed by atoms with van der Waals surface area (Å²) in [4.78, 5) is 24.8. The minimum Gasteiger partial charge on any atom is -0.477 e. The largest absolute Gasteiger partial charge is 0.477 e. The summed E-state index contributed by atoms with van der Waals surface area (Å²) in [6, 6.07) is 22.1. The van der Waals surface area contributed by atoms with Crippen molar-refractivity contribution in [2.75, 3.05) is 13.1 Å². The summed E-state index contributed by atoms with van der Waals surface area (Å²) in [5, 5.41) is 10.7. The molecule has 4 aromatic rings.